The number of amides is 1. The zero-order valence-electron chi connectivity index (χ0n) is 9.43. The van der Waals surface area contributed by atoms with Crippen molar-refractivity contribution in [1.82, 2.24) is 4.90 Å². The molecule has 0 saturated carbocycles. The van der Waals surface area contributed by atoms with Gasteiger partial charge in [0.1, 0.15) is 0 Å². The Bertz CT molecular complexity index is 342. The quantitative estimate of drug-likeness (QED) is 0.844. The van der Waals surface area contributed by atoms with Gasteiger partial charge in [-0.1, -0.05) is 30.3 Å². The molecule has 0 aromatic heterocycles. The number of nitrogens with zero attached hydrogens (tertiary/aromatic N) is 1. The average molecular weight is 225 g/mol. The van der Waals surface area contributed by atoms with Crippen LogP contribution in [0, 0.1) is 0 Å². The molecular weight excluding hydrogens is 209 g/mol. The van der Waals surface area contributed by atoms with Crippen LogP contribution in [-0.4, -0.2) is 35.7 Å². The summed E-state index contributed by atoms with van der Waals surface area (Å²) in [5, 5.41) is 9.99. The third kappa shape index (κ3) is 2.79. The zero-order valence-corrected chi connectivity index (χ0v) is 9.43. The highest BCUT2D eigenvalue weighted by molar-refractivity contribution is 5.77. The molecular formula is C12H16FNO2. The first-order chi connectivity index (χ1) is 7.57. The van der Waals surface area contributed by atoms with Gasteiger partial charge in [0.15, 0.2) is 6.67 Å². The zero-order chi connectivity index (χ0) is 12.1. The van der Waals surface area contributed by atoms with Crippen LogP contribution in [0.15, 0.2) is 30.3 Å². The van der Waals surface area contributed by atoms with E-state index in [2.05, 4.69) is 0 Å². The molecule has 1 rings (SSSR count). The van der Waals surface area contributed by atoms with E-state index in [-0.39, 0.29) is 0 Å². The Morgan fingerprint density at radius 2 is 2.00 bits per heavy atom. The van der Waals surface area contributed by atoms with E-state index in [0.29, 0.717) is 5.56 Å². The van der Waals surface area contributed by atoms with E-state index in [0.717, 1.165) is 0 Å². The number of aliphatic hydroxyl groups is 1. The minimum absolute atomic E-state index is 0.453. The second kappa shape index (κ2) is 5.61. The number of likely N-dealkylation sites (N-methyl/N-ethyl adjacent to an activating group) is 1. The van der Waals surface area contributed by atoms with Crippen molar-refractivity contribution in [3.8, 4) is 0 Å². The molecule has 1 amide bonds. The van der Waals surface area contributed by atoms with Crippen molar-refractivity contribution in [3.05, 3.63) is 35.9 Å². The fourth-order valence-electron chi connectivity index (χ4n) is 1.46. The summed E-state index contributed by atoms with van der Waals surface area (Å²) in [6, 6.07) is 8.55. The standard InChI is InChI=1S/C12H16FNO2/c1-9(14(2)11(15)8-13)12(16)10-6-4-3-5-7-10/h3-7,9,12,16H,8H2,1-2H3/t9-,12+/m0/s1. The van der Waals surface area contributed by atoms with Crippen molar-refractivity contribution in [2.24, 2.45) is 0 Å². The van der Waals surface area contributed by atoms with E-state index in [4.69, 9.17) is 0 Å². The molecule has 0 radical (unpaired) electrons. The summed E-state index contributed by atoms with van der Waals surface area (Å²) in [7, 11) is 1.48. The lowest BCUT2D eigenvalue weighted by molar-refractivity contribution is -0.134. The van der Waals surface area contributed by atoms with Crippen LogP contribution in [0.5, 0.6) is 0 Å². The van der Waals surface area contributed by atoms with Crippen molar-refractivity contribution in [1.29, 1.82) is 0 Å². The fourth-order valence-corrected chi connectivity index (χ4v) is 1.46. The van der Waals surface area contributed by atoms with Crippen LogP contribution in [0.1, 0.15) is 18.6 Å². The second-order valence-corrected chi connectivity index (χ2v) is 3.73. The average Bonchev–Trinajstić information content (AvgIpc) is 2.36. The summed E-state index contributed by atoms with van der Waals surface area (Å²) >= 11 is 0. The predicted molar refractivity (Wildman–Crippen MR) is 59.6 cm³/mol. The number of hydrogen-bond donors (Lipinski definition) is 1. The third-order valence-corrected chi connectivity index (χ3v) is 2.72. The van der Waals surface area contributed by atoms with Gasteiger partial charge >= 0.3 is 0 Å². The lowest BCUT2D eigenvalue weighted by Crippen LogP contribution is -2.39. The molecule has 2 atom stereocenters. The number of alkyl halides is 1. The van der Waals surface area contributed by atoms with Gasteiger partial charge in [0, 0.05) is 7.05 Å². The lowest BCUT2D eigenvalue weighted by Gasteiger charge is -2.28. The van der Waals surface area contributed by atoms with Crippen LogP contribution in [0.4, 0.5) is 4.39 Å². The van der Waals surface area contributed by atoms with E-state index in [1.165, 1.54) is 11.9 Å². The van der Waals surface area contributed by atoms with Gasteiger partial charge in [0.25, 0.3) is 5.91 Å². The minimum Gasteiger partial charge on any atom is -0.386 e. The molecule has 0 aliphatic carbocycles. The van der Waals surface area contributed by atoms with E-state index in [1.54, 1.807) is 19.1 Å². The largest absolute Gasteiger partial charge is 0.386 e. The van der Waals surface area contributed by atoms with E-state index in [9.17, 15) is 14.3 Å². The first-order valence-electron chi connectivity index (χ1n) is 5.12. The minimum atomic E-state index is -1.04. The lowest BCUT2D eigenvalue weighted by atomic mass is 10.0. The molecule has 0 spiro atoms. The number of hydrogen-bond acceptors (Lipinski definition) is 2. The number of aliphatic hydroxyl groups excluding tert-OH is 1. The summed E-state index contributed by atoms with van der Waals surface area (Å²) in [5.74, 6) is -0.623. The van der Waals surface area contributed by atoms with Gasteiger partial charge < -0.3 is 10.0 Å². The maximum atomic E-state index is 12.2. The molecule has 0 fully saturated rings. The van der Waals surface area contributed by atoms with Gasteiger partial charge in [-0.05, 0) is 12.5 Å². The Balaban J connectivity index is 2.74. The first kappa shape index (κ1) is 12.6. The first-order valence-corrected chi connectivity index (χ1v) is 5.12. The van der Waals surface area contributed by atoms with Crippen LogP contribution in [0.25, 0.3) is 0 Å². The normalized spacial score (nSPS) is 14.2. The molecule has 1 aromatic rings. The summed E-state index contributed by atoms with van der Waals surface area (Å²) in [6.45, 7) is 0.646. The SMILES string of the molecule is C[C@@H]([C@@H](O)c1ccccc1)N(C)C(=O)CF. The molecule has 4 heteroatoms. The molecule has 0 aliphatic heterocycles. The molecule has 0 heterocycles. The summed E-state index contributed by atoms with van der Waals surface area (Å²) in [6.07, 6.45) is -0.804. The number of carbonyl (C=O) groups excluding carboxylic acids is 1. The van der Waals surface area contributed by atoms with Crippen molar-refractivity contribution in [2.75, 3.05) is 13.7 Å². The molecule has 1 N–H and O–H groups in total. The van der Waals surface area contributed by atoms with Crippen molar-refractivity contribution >= 4 is 5.91 Å². The Morgan fingerprint density at radius 1 is 1.44 bits per heavy atom. The summed E-state index contributed by atoms with van der Waals surface area (Å²) < 4.78 is 12.2. The molecule has 0 bridgehead atoms. The number of halogens is 1. The van der Waals surface area contributed by atoms with Crippen molar-refractivity contribution < 1.29 is 14.3 Å². The highest BCUT2D eigenvalue weighted by atomic mass is 19.1. The monoisotopic (exact) mass is 225 g/mol. The van der Waals surface area contributed by atoms with Gasteiger partial charge in [-0.15, -0.1) is 0 Å². The Kier molecular flexibility index (Phi) is 4.43. The molecule has 3 nitrogen and oxygen atoms in total. The van der Waals surface area contributed by atoms with Crippen LogP contribution in [0.3, 0.4) is 0 Å². The second-order valence-electron chi connectivity index (χ2n) is 3.73. The van der Waals surface area contributed by atoms with Gasteiger partial charge in [-0.25, -0.2) is 4.39 Å². The Hall–Kier alpha value is -1.42. The number of rotatable bonds is 4. The van der Waals surface area contributed by atoms with Crippen LogP contribution >= 0.6 is 0 Å². The highest BCUT2D eigenvalue weighted by Crippen LogP contribution is 2.19. The van der Waals surface area contributed by atoms with Crippen LogP contribution in [-0.2, 0) is 4.79 Å². The van der Waals surface area contributed by atoms with Crippen molar-refractivity contribution in [3.63, 3.8) is 0 Å². The Labute approximate surface area is 94.5 Å². The van der Waals surface area contributed by atoms with E-state index >= 15 is 0 Å². The summed E-state index contributed by atoms with van der Waals surface area (Å²) in [4.78, 5) is 12.3. The summed E-state index contributed by atoms with van der Waals surface area (Å²) in [5.41, 5.74) is 0.716. The van der Waals surface area contributed by atoms with Gasteiger partial charge in [0.2, 0.25) is 0 Å². The van der Waals surface area contributed by atoms with E-state index in [1.807, 2.05) is 18.2 Å². The van der Waals surface area contributed by atoms with Gasteiger partial charge in [-0.2, -0.15) is 0 Å². The predicted octanol–water partition coefficient (Wildman–Crippen LogP) is 1.54. The fraction of sp³-hybridized carbons (Fsp3) is 0.417. The maximum absolute atomic E-state index is 12.2. The van der Waals surface area contributed by atoms with Gasteiger partial charge in [0.05, 0.1) is 12.1 Å². The Morgan fingerprint density at radius 3 is 2.50 bits per heavy atom. The van der Waals surface area contributed by atoms with Crippen LogP contribution < -0.4 is 0 Å². The number of benzene rings is 1. The maximum Gasteiger partial charge on any atom is 0.254 e. The molecule has 0 unspecified atom stereocenters. The van der Waals surface area contributed by atoms with Crippen LogP contribution in [0.2, 0.25) is 0 Å². The number of carbonyl (C=O) groups is 1. The molecule has 0 saturated heterocycles. The van der Waals surface area contributed by atoms with E-state index < -0.39 is 24.7 Å². The topological polar surface area (TPSA) is 40.5 Å². The van der Waals surface area contributed by atoms with Crippen molar-refractivity contribution in [2.45, 2.75) is 19.1 Å². The highest BCUT2D eigenvalue weighted by Gasteiger charge is 2.23. The third-order valence-electron chi connectivity index (χ3n) is 2.72. The van der Waals surface area contributed by atoms with Gasteiger partial charge in [-0.3, -0.25) is 4.79 Å². The smallest absolute Gasteiger partial charge is 0.254 e. The molecule has 1 aromatic carbocycles. The molecule has 0 aliphatic rings. The molecule has 88 valence electrons. The molecule has 16 heavy (non-hydrogen) atoms.